The number of thiophene rings is 1. The SMILES string of the molecule is Cc1sc(CNC2CC2)cc1COc1ccc(Cl)c(F)c1. The first-order valence-corrected chi connectivity index (χ1v) is 8.20. The van der Waals surface area contributed by atoms with E-state index in [2.05, 4.69) is 18.3 Å². The second-order valence-electron chi connectivity index (χ2n) is 5.31. The number of rotatable bonds is 6. The molecule has 21 heavy (non-hydrogen) atoms. The lowest BCUT2D eigenvalue weighted by Crippen LogP contribution is -2.14. The highest BCUT2D eigenvalue weighted by Gasteiger charge is 2.20. The van der Waals surface area contributed by atoms with Gasteiger partial charge in [0.2, 0.25) is 0 Å². The minimum absolute atomic E-state index is 0.113. The molecule has 112 valence electrons. The third-order valence-electron chi connectivity index (χ3n) is 3.50. The van der Waals surface area contributed by atoms with Gasteiger partial charge in [-0.05, 0) is 38.0 Å². The van der Waals surface area contributed by atoms with Crippen LogP contribution in [0.4, 0.5) is 4.39 Å². The Morgan fingerprint density at radius 2 is 2.19 bits per heavy atom. The van der Waals surface area contributed by atoms with Gasteiger partial charge in [-0.2, -0.15) is 0 Å². The maximum atomic E-state index is 13.4. The Bertz CT molecular complexity index is 639. The highest BCUT2D eigenvalue weighted by molar-refractivity contribution is 7.12. The van der Waals surface area contributed by atoms with Gasteiger partial charge in [0.05, 0.1) is 5.02 Å². The van der Waals surface area contributed by atoms with E-state index in [-0.39, 0.29) is 5.02 Å². The van der Waals surface area contributed by atoms with E-state index in [9.17, 15) is 4.39 Å². The van der Waals surface area contributed by atoms with Crippen molar-refractivity contribution in [1.29, 1.82) is 0 Å². The summed E-state index contributed by atoms with van der Waals surface area (Å²) in [7, 11) is 0. The molecule has 3 rings (SSSR count). The number of hydrogen-bond donors (Lipinski definition) is 1. The minimum Gasteiger partial charge on any atom is -0.489 e. The van der Waals surface area contributed by atoms with Crippen LogP contribution < -0.4 is 10.1 Å². The molecule has 0 saturated heterocycles. The summed E-state index contributed by atoms with van der Waals surface area (Å²) in [6.45, 7) is 3.46. The summed E-state index contributed by atoms with van der Waals surface area (Å²) in [6, 6.07) is 7.39. The van der Waals surface area contributed by atoms with Crippen LogP contribution in [0.15, 0.2) is 24.3 Å². The fourth-order valence-corrected chi connectivity index (χ4v) is 3.19. The van der Waals surface area contributed by atoms with Crippen molar-refractivity contribution in [2.45, 2.75) is 39.0 Å². The van der Waals surface area contributed by atoms with Crippen LogP contribution in [0.25, 0.3) is 0 Å². The third-order valence-corrected chi connectivity index (χ3v) is 4.90. The molecule has 1 aromatic carbocycles. The number of nitrogens with one attached hydrogen (secondary N) is 1. The van der Waals surface area contributed by atoms with Crippen molar-refractivity contribution in [3.8, 4) is 5.75 Å². The summed E-state index contributed by atoms with van der Waals surface area (Å²) >= 11 is 7.44. The Morgan fingerprint density at radius 1 is 1.38 bits per heavy atom. The molecule has 0 aliphatic heterocycles. The molecular formula is C16H17ClFNOS. The Hall–Kier alpha value is -1.10. The first-order chi connectivity index (χ1) is 10.1. The highest BCUT2D eigenvalue weighted by Crippen LogP contribution is 2.26. The molecule has 1 heterocycles. The van der Waals surface area contributed by atoms with Gasteiger partial charge in [0.25, 0.3) is 0 Å². The molecule has 1 fully saturated rings. The molecule has 0 spiro atoms. The van der Waals surface area contributed by atoms with Crippen LogP contribution in [0.1, 0.15) is 28.2 Å². The van der Waals surface area contributed by atoms with Crippen LogP contribution in [0.5, 0.6) is 5.75 Å². The van der Waals surface area contributed by atoms with Gasteiger partial charge in [-0.1, -0.05) is 11.6 Å². The van der Waals surface area contributed by atoms with Crippen LogP contribution in [0.3, 0.4) is 0 Å². The predicted molar refractivity (Wildman–Crippen MR) is 84.7 cm³/mol. The smallest absolute Gasteiger partial charge is 0.145 e. The molecule has 0 atom stereocenters. The third kappa shape index (κ3) is 3.96. The van der Waals surface area contributed by atoms with Gasteiger partial charge < -0.3 is 10.1 Å². The van der Waals surface area contributed by atoms with E-state index in [4.69, 9.17) is 16.3 Å². The second kappa shape index (κ2) is 6.34. The van der Waals surface area contributed by atoms with Crippen LogP contribution in [-0.2, 0) is 13.2 Å². The van der Waals surface area contributed by atoms with Crippen LogP contribution >= 0.6 is 22.9 Å². The Morgan fingerprint density at radius 3 is 2.90 bits per heavy atom. The predicted octanol–water partition coefficient (Wildman–Crippen LogP) is 4.68. The summed E-state index contributed by atoms with van der Waals surface area (Å²) < 4.78 is 19.0. The van der Waals surface area contributed by atoms with Crippen molar-refractivity contribution in [2.24, 2.45) is 0 Å². The Balaban J connectivity index is 1.59. The van der Waals surface area contributed by atoms with Gasteiger partial charge >= 0.3 is 0 Å². The summed E-state index contributed by atoms with van der Waals surface area (Å²) in [5.74, 6) is 0.0469. The molecule has 2 nitrogen and oxygen atoms in total. The summed E-state index contributed by atoms with van der Waals surface area (Å²) in [5.41, 5.74) is 1.16. The quantitative estimate of drug-likeness (QED) is 0.832. The summed E-state index contributed by atoms with van der Waals surface area (Å²) in [4.78, 5) is 2.57. The van der Waals surface area contributed by atoms with E-state index in [1.165, 1.54) is 34.7 Å². The highest BCUT2D eigenvalue weighted by atomic mass is 35.5. The molecule has 1 N–H and O–H groups in total. The zero-order valence-electron chi connectivity index (χ0n) is 11.8. The lowest BCUT2D eigenvalue weighted by molar-refractivity contribution is 0.304. The number of aryl methyl sites for hydroxylation is 1. The van der Waals surface area contributed by atoms with E-state index < -0.39 is 5.82 Å². The van der Waals surface area contributed by atoms with Crippen LogP contribution in [-0.4, -0.2) is 6.04 Å². The van der Waals surface area contributed by atoms with Crippen molar-refractivity contribution < 1.29 is 9.13 Å². The van der Waals surface area contributed by atoms with Crippen molar-refractivity contribution in [2.75, 3.05) is 0 Å². The molecular weight excluding hydrogens is 309 g/mol. The van der Waals surface area contributed by atoms with Gasteiger partial charge in [0.15, 0.2) is 0 Å². The average Bonchev–Trinajstić information content (AvgIpc) is 3.22. The number of hydrogen-bond acceptors (Lipinski definition) is 3. The molecule has 0 amide bonds. The van der Waals surface area contributed by atoms with Crippen molar-refractivity contribution in [3.05, 3.63) is 50.4 Å². The largest absolute Gasteiger partial charge is 0.489 e. The maximum absolute atomic E-state index is 13.4. The van der Waals surface area contributed by atoms with E-state index in [0.29, 0.717) is 18.4 Å². The first-order valence-electron chi connectivity index (χ1n) is 7.01. The molecule has 1 aromatic heterocycles. The van der Waals surface area contributed by atoms with E-state index in [1.807, 2.05) is 0 Å². The van der Waals surface area contributed by atoms with Crippen molar-refractivity contribution in [1.82, 2.24) is 5.32 Å². The second-order valence-corrected chi connectivity index (χ2v) is 7.06. The number of ether oxygens (including phenoxy) is 1. The minimum atomic E-state index is -0.453. The topological polar surface area (TPSA) is 21.3 Å². The fourth-order valence-electron chi connectivity index (χ4n) is 2.08. The lowest BCUT2D eigenvalue weighted by Gasteiger charge is -2.06. The lowest BCUT2D eigenvalue weighted by atomic mass is 10.2. The molecule has 0 radical (unpaired) electrons. The van der Waals surface area contributed by atoms with Gasteiger partial charge in [-0.25, -0.2) is 4.39 Å². The summed E-state index contributed by atoms with van der Waals surface area (Å²) in [5, 5.41) is 3.62. The van der Waals surface area contributed by atoms with Gasteiger partial charge in [-0.3, -0.25) is 0 Å². The normalized spacial score (nSPS) is 14.4. The molecule has 1 aliphatic carbocycles. The van der Waals surface area contributed by atoms with Gasteiger partial charge in [0, 0.05) is 34.0 Å². The van der Waals surface area contributed by atoms with Gasteiger partial charge in [0.1, 0.15) is 18.2 Å². The molecule has 2 aromatic rings. The molecule has 1 saturated carbocycles. The summed E-state index contributed by atoms with van der Waals surface area (Å²) in [6.07, 6.45) is 2.59. The monoisotopic (exact) mass is 325 g/mol. The van der Waals surface area contributed by atoms with E-state index in [0.717, 1.165) is 12.1 Å². The molecule has 5 heteroatoms. The van der Waals surface area contributed by atoms with E-state index >= 15 is 0 Å². The zero-order chi connectivity index (χ0) is 14.8. The zero-order valence-corrected chi connectivity index (χ0v) is 13.4. The van der Waals surface area contributed by atoms with Gasteiger partial charge in [-0.15, -0.1) is 11.3 Å². The van der Waals surface area contributed by atoms with Crippen molar-refractivity contribution >= 4 is 22.9 Å². The Kier molecular flexibility index (Phi) is 4.48. The first kappa shape index (κ1) is 14.8. The molecule has 1 aliphatic rings. The standard InChI is InChI=1S/C16H17ClFNOS/c1-10-11(6-14(21-10)8-19-12-2-3-12)9-20-13-4-5-15(17)16(18)7-13/h4-7,12,19H,2-3,8-9H2,1H3. The average molecular weight is 326 g/mol. The van der Waals surface area contributed by atoms with Crippen molar-refractivity contribution in [3.63, 3.8) is 0 Å². The fraction of sp³-hybridized carbons (Fsp3) is 0.375. The van der Waals surface area contributed by atoms with Crippen LogP contribution in [0, 0.1) is 12.7 Å². The molecule has 0 unspecified atom stereocenters. The Labute approximate surface area is 132 Å². The molecule has 0 bridgehead atoms. The van der Waals surface area contributed by atoms with E-state index in [1.54, 1.807) is 17.4 Å². The number of halogens is 2. The van der Waals surface area contributed by atoms with Crippen LogP contribution in [0.2, 0.25) is 5.02 Å². The maximum Gasteiger partial charge on any atom is 0.145 e. The number of benzene rings is 1.